The van der Waals surface area contributed by atoms with Crippen LogP contribution in [0.5, 0.6) is 0 Å². The lowest BCUT2D eigenvalue weighted by Crippen LogP contribution is -2.10. The second-order valence-corrected chi connectivity index (χ2v) is 9.20. The molecule has 154 valence electrons. The second kappa shape index (κ2) is 8.57. The van der Waals surface area contributed by atoms with Crippen molar-refractivity contribution in [2.24, 2.45) is 5.92 Å². The lowest BCUT2D eigenvalue weighted by molar-refractivity contribution is -0.141. The summed E-state index contributed by atoms with van der Waals surface area (Å²) in [6.07, 6.45) is 11.9. The number of carboxylic acids is 1. The maximum Gasteiger partial charge on any atom is 0.306 e. The molecule has 0 saturated heterocycles. The Morgan fingerprint density at radius 1 is 1.20 bits per heavy atom. The SMILES string of the molecule is Cc1ccc(-c2c(CCCC(C)C(=O)O)c(C)nc3sc4c(c23)CC=CC=C4)cc1. The number of carboxylic acid groups (broad SMARTS) is 1. The highest BCUT2D eigenvalue weighted by Gasteiger charge is 2.21. The van der Waals surface area contributed by atoms with E-state index in [-0.39, 0.29) is 5.92 Å². The van der Waals surface area contributed by atoms with Crippen molar-refractivity contribution >= 4 is 33.6 Å². The van der Waals surface area contributed by atoms with E-state index < -0.39 is 5.97 Å². The molecule has 2 aromatic heterocycles. The minimum absolute atomic E-state index is 0.322. The zero-order valence-corrected chi connectivity index (χ0v) is 18.6. The van der Waals surface area contributed by atoms with Crippen LogP contribution >= 0.6 is 11.3 Å². The topological polar surface area (TPSA) is 50.2 Å². The molecule has 3 aromatic rings. The smallest absolute Gasteiger partial charge is 0.306 e. The molecule has 1 aromatic carbocycles. The van der Waals surface area contributed by atoms with Crippen LogP contribution in [-0.4, -0.2) is 16.1 Å². The number of fused-ring (bicyclic) bond motifs is 3. The molecule has 4 heteroatoms. The van der Waals surface area contributed by atoms with Gasteiger partial charge in [-0.05, 0) is 67.9 Å². The molecule has 1 aliphatic carbocycles. The lowest BCUT2D eigenvalue weighted by Gasteiger charge is -2.16. The first kappa shape index (κ1) is 20.5. The average Bonchev–Trinajstić information content (AvgIpc) is 2.89. The number of nitrogens with zero attached hydrogens (tertiary/aromatic N) is 1. The van der Waals surface area contributed by atoms with Crippen LogP contribution in [0.1, 0.15) is 47.0 Å². The van der Waals surface area contributed by atoms with E-state index in [4.69, 9.17) is 4.98 Å². The molecule has 1 aliphatic rings. The Balaban J connectivity index is 1.88. The molecule has 0 amide bonds. The predicted molar refractivity (Wildman–Crippen MR) is 126 cm³/mol. The van der Waals surface area contributed by atoms with Crippen molar-refractivity contribution < 1.29 is 9.90 Å². The summed E-state index contributed by atoms with van der Waals surface area (Å²) >= 11 is 1.76. The third-order valence-electron chi connectivity index (χ3n) is 5.92. The minimum Gasteiger partial charge on any atom is -0.481 e. The molecule has 1 N–H and O–H groups in total. The maximum atomic E-state index is 11.2. The molecule has 1 unspecified atom stereocenters. The van der Waals surface area contributed by atoms with E-state index in [0.29, 0.717) is 6.42 Å². The Kier molecular flexibility index (Phi) is 5.87. The Bertz CT molecular complexity index is 1150. The summed E-state index contributed by atoms with van der Waals surface area (Å²) in [6, 6.07) is 8.74. The van der Waals surface area contributed by atoms with Crippen molar-refractivity contribution in [3.63, 3.8) is 0 Å². The number of rotatable bonds is 6. The van der Waals surface area contributed by atoms with Gasteiger partial charge >= 0.3 is 5.97 Å². The quantitative estimate of drug-likeness (QED) is 0.483. The van der Waals surface area contributed by atoms with E-state index in [0.717, 1.165) is 29.8 Å². The number of pyridine rings is 1. The number of hydrogen-bond acceptors (Lipinski definition) is 3. The molecule has 2 heterocycles. The van der Waals surface area contributed by atoms with Gasteiger partial charge in [-0.2, -0.15) is 0 Å². The highest BCUT2D eigenvalue weighted by molar-refractivity contribution is 7.19. The van der Waals surface area contributed by atoms with Crippen LogP contribution in [0, 0.1) is 19.8 Å². The summed E-state index contributed by atoms with van der Waals surface area (Å²) < 4.78 is 0. The average molecular weight is 418 g/mol. The van der Waals surface area contributed by atoms with Gasteiger partial charge in [-0.15, -0.1) is 11.3 Å². The van der Waals surface area contributed by atoms with Gasteiger partial charge in [0.15, 0.2) is 0 Å². The number of carbonyl (C=O) groups is 1. The molecule has 0 radical (unpaired) electrons. The zero-order chi connectivity index (χ0) is 21.3. The molecule has 30 heavy (non-hydrogen) atoms. The van der Waals surface area contributed by atoms with E-state index in [1.807, 2.05) is 0 Å². The van der Waals surface area contributed by atoms with Gasteiger partial charge in [-0.3, -0.25) is 4.79 Å². The molecule has 0 bridgehead atoms. The number of allylic oxidation sites excluding steroid dienone is 3. The first-order valence-corrected chi connectivity index (χ1v) is 11.3. The fourth-order valence-corrected chi connectivity index (χ4v) is 5.33. The van der Waals surface area contributed by atoms with Crippen LogP contribution in [0.2, 0.25) is 0 Å². The van der Waals surface area contributed by atoms with Crippen molar-refractivity contribution in [2.45, 2.75) is 46.5 Å². The molecule has 0 aliphatic heterocycles. The number of thiophene rings is 1. The van der Waals surface area contributed by atoms with E-state index in [9.17, 15) is 9.90 Å². The second-order valence-electron chi connectivity index (χ2n) is 8.16. The van der Waals surface area contributed by atoms with Gasteiger partial charge in [0.1, 0.15) is 4.83 Å². The van der Waals surface area contributed by atoms with Crippen LogP contribution in [0.25, 0.3) is 27.4 Å². The van der Waals surface area contributed by atoms with Gasteiger partial charge in [-0.25, -0.2) is 4.98 Å². The van der Waals surface area contributed by atoms with Gasteiger partial charge < -0.3 is 5.11 Å². The van der Waals surface area contributed by atoms with Crippen LogP contribution in [0.4, 0.5) is 0 Å². The van der Waals surface area contributed by atoms with Gasteiger partial charge in [0, 0.05) is 16.0 Å². The molecule has 0 spiro atoms. The van der Waals surface area contributed by atoms with Gasteiger partial charge in [0.2, 0.25) is 0 Å². The highest BCUT2D eigenvalue weighted by Crippen LogP contribution is 2.42. The van der Waals surface area contributed by atoms with E-state index >= 15 is 0 Å². The third kappa shape index (κ3) is 3.97. The van der Waals surface area contributed by atoms with Crippen molar-refractivity contribution in [3.05, 3.63) is 69.8 Å². The Morgan fingerprint density at radius 2 is 1.97 bits per heavy atom. The number of aryl methyl sites for hydroxylation is 2. The summed E-state index contributed by atoms with van der Waals surface area (Å²) in [5.41, 5.74) is 7.39. The molecule has 3 nitrogen and oxygen atoms in total. The highest BCUT2D eigenvalue weighted by atomic mass is 32.1. The Morgan fingerprint density at radius 3 is 2.70 bits per heavy atom. The molecular weight excluding hydrogens is 390 g/mol. The van der Waals surface area contributed by atoms with Crippen LogP contribution in [-0.2, 0) is 17.6 Å². The van der Waals surface area contributed by atoms with Crippen LogP contribution in [0.3, 0.4) is 0 Å². The third-order valence-corrected chi connectivity index (χ3v) is 7.01. The number of aromatic nitrogens is 1. The van der Waals surface area contributed by atoms with Gasteiger partial charge in [-0.1, -0.05) is 55.0 Å². The fourth-order valence-electron chi connectivity index (χ4n) is 4.16. The normalized spacial score (nSPS) is 14.0. The molecular formula is C26H27NO2S. The largest absolute Gasteiger partial charge is 0.481 e. The number of benzene rings is 1. The van der Waals surface area contributed by atoms with Gasteiger partial charge in [0.05, 0.1) is 5.92 Å². The molecule has 0 saturated carbocycles. The molecule has 0 fully saturated rings. The number of aliphatic carboxylic acids is 1. The monoisotopic (exact) mass is 417 g/mol. The predicted octanol–water partition coefficient (Wildman–Crippen LogP) is 6.75. The first-order valence-electron chi connectivity index (χ1n) is 10.5. The van der Waals surface area contributed by atoms with E-state index in [2.05, 4.69) is 62.4 Å². The van der Waals surface area contributed by atoms with Crippen LogP contribution < -0.4 is 0 Å². The first-order chi connectivity index (χ1) is 14.5. The van der Waals surface area contributed by atoms with Crippen LogP contribution in [0.15, 0.2) is 42.5 Å². The fraction of sp³-hybridized carbons (Fsp3) is 0.308. The summed E-state index contributed by atoms with van der Waals surface area (Å²) in [7, 11) is 0. The van der Waals surface area contributed by atoms with Crippen molar-refractivity contribution in [1.29, 1.82) is 0 Å². The number of hydrogen-bond donors (Lipinski definition) is 1. The van der Waals surface area contributed by atoms with Gasteiger partial charge in [0.25, 0.3) is 0 Å². The summed E-state index contributed by atoms with van der Waals surface area (Å²) in [6.45, 7) is 5.99. The maximum absolute atomic E-state index is 11.2. The standard InChI is InChI=1S/C26H27NO2S/c1-16-12-14-19(15-13-16)23-20(10-7-8-17(2)26(28)29)18(3)27-25-24(23)21-9-5-4-6-11-22(21)30-25/h4-6,11-15,17H,7-10H2,1-3H3,(H,28,29). The zero-order valence-electron chi connectivity index (χ0n) is 17.7. The summed E-state index contributed by atoms with van der Waals surface area (Å²) in [5.74, 6) is -1.04. The lowest BCUT2D eigenvalue weighted by atomic mass is 9.89. The van der Waals surface area contributed by atoms with Crippen molar-refractivity contribution in [3.8, 4) is 11.1 Å². The van der Waals surface area contributed by atoms with Crippen molar-refractivity contribution in [2.75, 3.05) is 0 Å². The summed E-state index contributed by atoms with van der Waals surface area (Å²) in [5, 5.41) is 10.5. The van der Waals surface area contributed by atoms with E-state index in [1.165, 1.54) is 38.1 Å². The Hall–Kier alpha value is -2.72. The Labute approximate surface area is 181 Å². The molecule has 1 atom stereocenters. The summed E-state index contributed by atoms with van der Waals surface area (Å²) in [4.78, 5) is 18.6. The van der Waals surface area contributed by atoms with Crippen molar-refractivity contribution in [1.82, 2.24) is 4.98 Å². The minimum atomic E-state index is -0.721. The molecule has 4 rings (SSSR count). The van der Waals surface area contributed by atoms with E-state index in [1.54, 1.807) is 18.3 Å².